The third-order valence-electron chi connectivity index (χ3n) is 8.52. The van der Waals surface area contributed by atoms with Gasteiger partial charge in [0.1, 0.15) is 11.8 Å². The molecule has 6 nitrogen and oxygen atoms in total. The Morgan fingerprint density at radius 3 is 2.14 bits per heavy atom. The lowest BCUT2D eigenvalue weighted by Crippen LogP contribution is -2.44. The summed E-state index contributed by atoms with van der Waals surface area (Å²) in [5, 5.41) is 0. The number of benzene rings is 2. The molecule has 0 bridgehead atoms. The van der Waals surface area contributed by atoms with Gasteiger partial charge in [-0.05, 0) is 98.3 Å². The Hall–Kier alpha value is -2.86. The molecule has 1 atom stereocenters. The van der Waals surface area contributed by atoms with Crippen molar-refractivity contribution in [3.63, 3.8) is 0 Å². The molecular weight excluding hydrogens is 450 g/mol. The summed E-state index contributed by atoms with van der Waals surface area (Å²) in [6, 6.07) is 15.3. The molecule has 2 N–H and O–H groups in total. The maximum absolute atomic E-state index is 12.9. The smallest absolute Gasteiger partial charge is 0.254 e. The highest BCUT2D eigenvalue weighted by molar-refractivity contribution is 5.98. The Labute approximate surface area is 214 Å². The number of hydrogen-bond donors (Lipinski definition) is 1. The summed E-state index contributed by atoms with van der Waals surface area (Å²) in [6.45, 7) is 7.46. The standard InChI is InChI=1S/C30H39N3O3/c1-30(15-3-16-30)21-32-18-13-22(14-19-32)20-36-26-11-9-24(10-12-26)23-5-7-25(8-6-23)29(35)33-17-2-4-27(33)28(31)34/h5-12,22,27H,2-4,13-21H2,1H3,(H2,31,34)/t27-/m0/s1. The number of likely N-dealkylation sites (tertiary alicyclic amines) is 2. The molecule has 2 amide bonds. The van der Waals surface area contributed by atoms with E-state index in [4.69, 9.17) is 10.5 Å². The molecule has 1 saturated carbocycles. The summed E-state index contributed by atoms with van der Waals surface area (Å²) >= 11 is 0. The lowest BCUT2D eigenvalue weighted by atomic mass is 9.70. The van der Waals surface area contributed by atoms with E-state index in [0.717, 1.165) is 29.9 Å². The molecule has 3 aliphatic rings. The van der Waals surface area contributed by atoms with Crippen LogP contribution >= 0.6 is 0 Å². The number of nitrogens with zero attached hydrogens (tertiary/aromatic N) is 2. The fourth-order valence-corrected chi connectivity index (χ4v) is 6.02. The van der Waals surface area contributed by atoms with Crippen LogP contribution in [0.1, 0.15) is 62.2 Å². The van der Waals surface area contributed by atoms with E-state index >= 15 is 0 Å². The minimum Gasteiger partial charge on any atom is -0.493 e. The molecule has 36 heavy (non-hydrogen) atoms. The molecule has 1 aliphatic carbocycles. The lowest BCUT2D eigenvalue weighted by molar-refractivity contribution is -0.121. The Morgan fingerprint density at radius 1 is 0.917 bits per heavy atom. The van der Waals surface area contributed by atoms with Gasteiger partial charge in [-0.1, -0.05) is 37.6 Å². The van der Waals surface area contributed by atoms with Crippen molar-refractivity contribution in [2.24, 2.45) is 17.1 Å². The van der Waals surface area contributed by atoms with Gasteiger partial charge in [-0.25, -0.2) is 0 Å². The van der Waals surface area contributed by atoms with Crippen molar-refractivity contribution in [2.75, 3.05) is 32.8 Å². The van der Waals surface area contributed by atoms with Crippen LogP contribution in [0, 0.1) is 11.3 Å². The van der Waals surface area contributed by atoms with Crippen molar-refractivity contribution in [3.8, 4) is 16.9 Å². The Balaban J connectivity index is 1.10. The molecule has 2 aromatic rings. The van der Waals surface area contributed by atoms with Gasteiger partial charge in [-0.3, -0.25) is 9.59 Å². The SMILES string of the molecule is CC1(CN2CCC(COc3ccc(-c4ccc(C(=O)N5CCC[C@H]5C(N)=O)cc4)cc3)CC2)CCC1. The van der Waals surface area contributed by atoms with E-state index < -0.39 is 11.9 Å². The van der Waals surface area contributed by atoms with E-state index in [0.29, 0.717) is 29.9 Å². The molecule has 0 spiro atoms. The van der Waals surface area contributed by atoms with Gasteiger partial charge in [-0.15, -0.1) is 0 Å². The zero-order valence-corrected chi connectivity index (χ0v) is 21.5. The first-order valence-electron chi connectivity index (χ1n) is 13.6. The van der Waals surface area contributed by atoms with Gasteiger partial charge in [0, 0.05) is 18.7 Å². The van der Waals surface area contributed by atoms with Gasteiger partial charge in [0.25, 0.3) is 5.91 Å². The molecule has 6 heteroatoms. The maximum atomic E-state index is 12.9. The number of hydrogen-bond acceptors (Lipinski definition) is 4. The number of carbonyl (C=O) groups excluding carboxylic acids is 2. The summed E-state index contributed by atoms with van der Waals surface area (Å²) < 4.78 is 6.14. The fraction of sp³-hybridized carbons (Fsp3) is 0.533. The third kappa shape index (κ3) is 5.59. The van der Waals surface area contributed by atoms with Gasteiger partial charge < -0.3 is 20.3 Å². The van der Waals surface area contributed by atoms with Crippen LogP contribution in [0.15, 0.2) is 48.5 Å². The van der Waals surface area contributed by atoms with E-state index in [1.54, 1.807) is 4.90 Å². The second-order valence-electron chi connectivity index (χ2n) is 11.4. The number of ether oxygens (including phenoxy) is 1. The molecular formula is C30H39N3O3. The summed E-state index contributed by atoms with van der Waals surface area (Å²) in [7, 11) is 0. The monoisotopic (exact) mass is 489 g/mol. The van der Waals surface area contributed by atoms with E-state index in [-0.39, 0.29) is 5.91 Å². The molecule has 2 aromatic carbocycles. The average molecular weight is 490 g/mol. The topological polar surface area (TPSA) is 75.9 Å². The number of carbonyl (C=O) groups is 2. The Bertz CT molecular complexity index is 1050. The van der Waals surface area contributed by atoms with Crippen molar-refractivity contribution < 1.29 is 14.3 Å². The molecule has 0 radical (unpaired) electrons. The molecule has 3 fully saturated rings. The zero-order valence-electron chi connectivity index (χ0n) is 21.5. The predicted octanol–water partition coefficient (Wildman–Crippen LogP) is 4.72. The number of rotatable bonds is 8. The van der Waals surface area contributed by atoms with Crippen molar-refractivity contribution >= 4 is 11.8 Å². The molecule has 2 aliphatic heterocycles. The lowest BCUT2D eigenvalue weighted by Gasteiger charge is -2.44. The van der Waals surface area contributed by atoms with Crippen LogP contribution in [-0.4, -0.2) is 60.4 Å². The first kappa shape index (κ1) is 24.8. The first-order chi connectivity index (χ1) is 17.4. The number of primary amides is 1. The van der Waals surface area contributed by atoms with Crippen molar-refractivity contribution in [3.05, 3.63) is 54.1 Å². The first-order valence-corrected chi connectivity index (χ1v) is 13.6. The van der Waals surface area contributed by atoms with Crippen molar-refractivity contribution in [1.29, 1.82) is 0 Å². The van der Waals surface area contributed by atoms with E-state index in [1.807, 2.05) is 36.4 Å². The van der Waals surface area contributed by atoms with Crippen LogP contribution in [0.4, 0.5) is 0 Å². The largest absolute Gasteiger partial charge is 0.493 e. The van der Waals surface area contributed by atoms with Gasteiger partial charge in [0.2, 0.25) is 5.91 Å². The number of nitrogens with two attached hydrogens (primary N) is 1. The highest BCUT2D eigenvalue weighted by Crippen LogP contribution is 2.41. The Morgan fingerprint density at radius 2 is 1.56 bits per heavy atom. The van der Waals surface area contributed by atoms with Gasteiger partial charge in [0.15, 0.2) is 0 Å². The van der Waals surface area contributed by atoms with E-state index in [9.17, 15) is 9.59 Å². The van der Waals surface area contributed by atoms with Crippen molar-refractivity contribution in [2.45, 2.75) is 57.9 Å². The highest BCUT2D eigenvalue weighted by Gasteiger charge is 2.35. The van der Waals surface area contributed by atoms with Crippen LogP contribution in [0.3, 0.4) is 0 Å². The van der Waals surface area contributed by atoms with Crippen LogP contribution < -0.4 is 10.5 Å². The van der Waals surface area contributed by atoms with E-state index in [2.05, 4.69) is 24.0 Å². The minimum atomic E-state index is -0.493. The minimum absolute atomic E-state index is 0.130. The third-order valence-corrected chi connectivity index (χ3v) is 8.52. The summed E-state index contributed by atoms with van der Waals surface area (Å²) in [5.41, 5.74) is 8.74. The second kappa shape index (κ2) is 10.6. The van der Waals surface area contributed by atoms with Gasteiger partial charge >= 0.3 is 0 Å². The number of amides is 2. The molecule has 192 valence electrons. The molecule has 5 rings (SSSR count). The van der Waals surface area contributed by atoms with Crippen molar-refractivity contribution in [1.82, 2.24) is 9.80 Å². The van der Waals surface area contributed by atoms with Gasteiger partial charge in [-0.2, -0.15) is 0 Å². The molecule has 0 unspecified atom stereocenters. The molecule has 0 aromatic heterocycles. The normalized spacial score (nSPS) is 22.2. The molecule has 2 saturated heterocycles. The second-order valence-corrected chi connectivity index (χ2v) is 11.4. The summed E-state index contributed by atoms with van der Waals surface area (Å²) in [4.78, 5) is 28.7. The van der Waals surface area contributed by atoms with Crippen LogP contribution in [0.2, 0.25) is 0 Å². The number of piperidine rings is 1. The summed E-state index contributed by atoms with van der Waals surface area (Å²) in [5.74, 6) is 0.977. The van der Waals surface area contributed by atoms with Crippen LogP contribution in [0.5, 0.6) is 5.75 Å². The highest BCUT2D eigenvalue weighted by atomic mass is 16.5. The summed E-state index contributed by atoms with van der Waals surface area (Å²) in [6.07, 6.45) is 8.08. The Kier molecular flexibility index (Phi) is 7.33. The van der Waals surface area contributed by atoms with Crippen LogP contribution in [-0.2, 0) is 4.79 Å². The van der Waals surface area contributed by atoms with E-state index in [1.165, 1.54) is 51.7 Å². The maximum Gasteiger partial charge on any atom is 0.254 e. The quantitative estimate of drug-likeness (QED) is 0.582. The fourth-order valence-electron chi connectivity index (χ4n) is 6.02. The predicted molar refractivity (Wildman–Crippen MR) is 142 cm³/mol. The average Bonchev–Trinajstić information content (AvgIpc) is 3.38. The molecule has 2 heterocycles. The zero-order chi connectivity index (χ0) is 25.1. The van der Waals surface area contributed by atoms with Gasteiger partial charge in [0.05, 0.1) is 6.61 Å². The van der Waals surface area contributed by atoms with Crippen LogP contribution in [0.25, 0.3) is 11.1 Å².